The second-order valence-electron chi connectivity index (χ2n) is 4.18. The minimum atomic E-state index is -0.351. The van der Waals surface area contributed by atoms with Gasteiger partial charge in [-0.15, -0.1) is 0 Å². The molecule has 4 heteroatoms. The molecule has 0 saturated carbocycles. The number of benzene rings is 1. The molecular weight excluding hydrogens is 219 g/mol. The number of hydrogen-bond acceptors (Lipinski definition) is 3. The number of nitrogens with zero attached hydrogens (tertiary/aromatic N) is 1. The maximum atomic E-state index is 13.5. The normalized spacial score (nSPS) is 18.4. The number of nitriles is 1. The first-order valence-electron chi connectivity index (χ1n) is 5.79. The van der Waals surface area contributed by atoms with E-state index in [2.05, 4.69) is 11.4 Å². The Hall–Kier alpha value is -1.60. The van der Waals surface area contributed by atoms with E-state index < -0.39 is 0 Å². The Kier molecular flexibility index (Phi) is 3.94. The molecule has 0 radical (unpaired) electrons. The standard InChI is InChI=1S/C13H15FN2O/c14-11-3-1-2-4-12(11)16-13(9-15)10-5-7-17-8-6-10/h1-4,10,13,16H,5-8H2. The van der Waals surface area contributed by atoms with E-state index in [-0.39, 0.29) is 17.8 Å². The Morgan fingerprint density at radius 2 is 2.06 bits per heavy atom. The van der Waals surface area contributed by atoms with Crippen LogP contribution in [0, 0.1) is 23.1 Å². The molecule has 1 unspecified atom stereocenters. The molecule has 17 heavy (non-hydrogen) atoms. The van der Waals surface area contributed by atoms with Crippen molar-refractivity contribution in [1.82, 2.24) is 0 Å². The summed E-state index contributed by atoms with van der Waals surface area (Å²) in [6, 6.07) is 8.29. The van der Waals surface area contributed by atoms with Gasteiger partial charge in [0.05, 0.1) is 11.8 Å². The molecule has 0 aromatic heterocycles. The SMILES string of the molecule is N#CC(Nc1ccccc1F)C1CCOCC1. The largest absolute Gasteiger partial charge is 0.381 e. The van der Waals surface area contributed by atoms with Gasteiger partial charge in [-0.3, -0.25) is 0 Å². The molecule has 0 amide bonds. The number of rotatable bonds is 3. The summed E-state index contributed by atoms with van der Waals surface area (Å²) < 4.78 is 18.7. The summed E-state index contributed by atoms with van der Waals surface area (Å²) in [5.74, 6) is -0.0897. The van der Waals surface area contributed by atoms with Crippen LogP contribution in [0.1, 0.15) is 12.8 Å². The van der Waals surface area contributed by atoms with Gasteiger partial charge >= 0.3 is 0 Å². The molecule has 1 atom stereocenters. The highest BCUT2D eigenvalue weighted by Crippen LogP contribution is 2.23. The molecule has 1 aliphatic heterocycles. The van der Waals surface area contributed by atoms with Gasteiger partial charge < -0.3 is 10.1 Å². The Bertz CT molecular complexity index is 410. The number of anilines is 1. The lowest BCUT2D eigenvalue weighted by molar-refractivity contribution is 0.0651. The van der Waals surface area contributed by atoms with Gasteiger partial charge in [-0.05, 0) is 30.9 Å². The summed E-state index contributed by atoms with van der Waals surface area (Å²) in [6.45, 7) is 1.36. The van der Waals surface area contributed by atoms with Crippen molar-refractivity contribution in [3.8, 4) is 6.07 Å². The number of ether oxygens (including phenoxy) is 1. The topological polar surface area (TPSA) is 45.0 Å². The fraction of sp³-hybridized carbons (Fsp3) is 0.462. The zero-order valence-electron chi connectivity index (χ0n) is 9.53. The summed E-state index contributed by atoms with van der Waals surface area (Å²) in [5.41, 5.74) is 0.394. The fourth-order valence-electron chi connectivity index (χ4n) is 2.05. The first-order chi connectivity index (χ1) is 8.31. The molecule has 90 valence electrons. The molecule has 1 saturated heterocycles. The molecule has 2 rings (SSSR count). The van der Waals surface area contributed by atoms with E-state index in [1.54, 1.807) is 18.2 Å². The highest BCUT2D eigenvalue weighted by atomic mass is 19.1. The van der Waals surface area contributed by atoms with Gasteiger partial charge in [-0.1, -0.05) is 12.1 Å². The van der Waals surface area contributed by atoms with Gasteiger partial charge in [-0.2, -0.15) is 5.26 Å². The predicted octanol–water partition coefficient (Wildman–Crippen LogP) is 2.56. The molecule has 1 aromatic rings. The van der Waals surface area contributed by atoms with Crippen LogP contribution in [0.25, 0.3) is 0 Å². The van der Waals surface area contributed by atoms with Crippen LogP contribution in [0.2, 0.25) is 0 Å². The number of nitrogens with one attached hydrogen (secondary N) is 1. The first kappa shape index (κ1) is 11.9. The van der Waals surface area contributed by atoms with E-state index in [4.69, 9.17) is 10.00 Å². The Labute approximate surface area is 100 Å². The zero-order chi connectivity index (χ0) is 12.1. The van der Waals surface area contributed by atoms with Gasteiger partial charge in [0, 0.05) is 13.2 Å². The van der Waals surface area contributed by atoms with Crippen molar-refractivity contribution in [1.29, 1.82) is 5.26 Å². The van der Waals surface area contributed by atoms with Crippen molar-refractivity contribution in [2.24, 2.45) is 5.92 Å². The lowest BCUT2D eigenvalue weighted by atomic mass is 9.92. The summed E-state index contributed by atoms with van der Waals surface area (Å²) >= 11 is 0. The van der Waals surface area contributed by atoms with Crippen LogP contribution in [0.15, 0.2) is 24.3 Å². The Morgan fingerprint density at radius 3 is 2.71 bits per heavy atom. The summed E-state index contributed by atoms with van der Waals surface area (Å²) in [6.07, 6.45) is 1.69. The van der Waals surface area contributed by atoms with E-state index in [1.807, 2.05) is 0 Å². The van der Waals surface area contributed by atoms with E-state index in [1.165, 1.54) is 6.07 Å². The van der Waals surface area contributed by atoms with Crippen LogP contribution in [0.3, 0.4) is 0 Å². The first-order valence-corrected chi connectivity index (χ1v) is 5.79. The second-order valence-corrected chi connectivity index (χ2v) is 4.18. The highest BCUT2D eigenvalue weighted by Gasteiger charge is 2.24. The highest BCUT2D eigenvalue weighted by molar-refractivity contribution is 5.46. The van der Waals surface area contributed by atoms with Crippen molar-refractivity contribution in [2.45, 2.75) is 18.9 Å². The van der Waals surface area contributed by atoms with Crippen LogP contribution in [-0.4, -0.2) is 19.3 Å². The third kappa shape index (κ3) is 2.95. The van der Waals surface area contributed by atoms with Gasteiger partial charge in [0.25, 0.3) is 0 Å². The van der Waals surface area contributed by atoms with Crippen molar-refractivity contribution in [3.63, 3.8) is 0 Å². The quantitative estimate of drug-likeness (QED) is 0.874. The van der Waals surface area contributed by atoms with Crippen LogP contribution in [0.5, 0.6) is 0 Å². The van der Waals surface area contributed by atoms with E-state index >= 15 is 0 Å². The third-order valence-corrected chi connectivity index (χ3v) is 3.06. The minimum Gasteiger partial charge on any atom is -0.381 e. The molecule has 0 bridgehead atoms. The van der Waals surface area contributed by atoms with Crippen molar-refractivity contribution in [2.75, 3.05) is 18.5 Å². The molecule has 1 heterocycles. The maximum Gasteiger partial charge on any atom is 0.146 e. The molecule has 3 nitrogen and oxygen atoms in total. The van der Waals surface area contributed by atoms with Gasteiger partial charge in [0.15, 0.2) is 0 Å². The van der Waals surface area contributed by atoms with Gasteiger partial charge in [-0.25, -0.2) is 4.39 Å². The number of para-hydroxylation sites is 1. The minimum absolute atomic E-state index is 0.230. The van der Waals surface area contributed by atoms with Crippen LogP contribution < -0.4 is 5.32 Å². The average Bonchev–Trinajstić information content (AvgIpc) is 2.39. The summed E-state index contributed by atoms with van der Waals surface area (Å²) in [7, 11) is 0. The summed E-state index contributed by atoms with van der Waals surface area (Å²) in [5, 5.41) is 12.1. The molecule has 1 aliphatic rings. The lowest BCUT2D eigenvalue weighted by Gasteiger charge is -2.27. The molecule has 1 aromatic carbocycles. The Balaban J connectivity index is 2.05. The van der Waals surface area contributed by atoms with Crippen molar-refractivity contribution >= 4 is 5.69 Å². The fourth-order valence-corrected chi connectivity index (χ4v) is 2.05. The average molecular weight is 234 g/mol. The second kappa shape index (κ2) is 5.65. The van der Waals surface area contributed by atoms with Crippen molar-refractivity contribution in [3.05, 3.63) is 30.1 Å². The van der Waals surface area contributed by atoms with E-state index in [0.29, 0.717) is 18.9 Å². The van der Waals surface area contributed by atoms with Gasteiger partial charge in [0.2, 0.25) is 0 Å². The molecule has 0 spiro atoms. The molecule has 0 aliphatic carbocycles. The molecule has 1 N–H and O–H groups in total. The number of halogens is 1. The molecule has 1 fully saturated rings. The van der Waals surface area contributed by atoms with Crippen LogP contribution in [0.4, 0.5) is 10.1 Å². The monoisotopic (exact) mass is 234 g/mol. The van der Waals surface area contributed by atoms with Crippen LogP contribution >= 0.6 is 0 Å². The van der Waals surface area contributed by atoms with E-state index in [0.717, 1.165) is 12.8 Å². The summed E-state index contributed by atoms with van der Waals surface area (Å²) in [4.78, 5) is 0. The Morgan fingerprint density at radius 1 is 1.35 bits per heavy atom. The maximum absolute atomic E-state index is 13.5. The van der Waals surface area contributed by atoms with E-state index in [9.17, 15) is 4.39 Å². The lowest BCUT2D eigenvalue weighted by Crippen LogP contribution is -2.32. The molecular formula is C13H15FN2O. The van der Waals surface area contributed by atoms with Crippen LogP contribution in [-0.2, 0) is 4.74 Å². The third-order valence-electron chi connectivity index (χ3n) is 3.06. The smallest absolute Gasteiger partial charge is 0.146 e. The number of hydrogen-bond donors (Lipinski definition) is 1. The van der Waals surface area contributed by atoms with Crippen molar-refractivity contribution < 1.29 is 9.13 Å². The predicted molar refractivity (Wildman–Crippen MR) is 63.0 cm³/mol. The van der Waals surface area contributed by atoms with Gasteiger partial charge in [0.1, 0.15) is 11.9 Å². The zero-order valence-corrected chi connectivity index (χ0v) is 9.53.